The number of nitriles is 1. The lowest BCUT2D eigenvalue weighted by atomic mass is 10.0. The molecular weight excluding hydrogens is 574 g/mol. The number of hydrogen-bond acceptors (Lipinski definition) is 8. The van der Waals surface area contributed by atoms with Crippen LogP contribution in [0.4, 0.5) is 10.7 Å². The maximum atomic E-state index is 13.0. The van der Waals surface area contributed by atoms with Gasteiger partial charge in [-0.15, -0.1) is 11.3 Å². The molecule has 2 aromatic heterocycles. The third-order valence-corrected chi connectivity index (χ3v) is 6.72. The first-order chi connectivity index (χ1) is 18.3. The minimum absolute atomic E-state index is 0.138. The number of esters is 1. The molecule has 9 nitrogen and oxygen atoms in total. The highest BCUT2D eigenvalue weighted by molar-refractivity contribution is 9.10. The highest BCUT2D eigenvalue weighted by Gasteiger charge is 2.24. The second-order valence-electron chi connectivity index (χ2n) is 7.68. The first-order valence-electron chi connectivity index (χ1n) is 11.1. The van der Waals surface area contributed by atoms with E-state index in [0.29, 0.717) is 5.56 Å². The van der Waals surface area contributed by atoms with Crippen LogP contribution in [-0.4, -0.2) is 23.4 Å². The molecule has 0 saturated heterocycles. The van der Waals surface area contributed by atoms with Crippen LogP contribution in [0.2, 0.25) is 0 Å². The van der Waals surface area contributed by atoms with E-state index in [-0.39, 0.29) is 45.5 Å². The minimum Gasteiger partial charge on any atom is -0.462 e. The Kier molecular flexibility index (Phi) is 8.15. The lowest BCUT2D eigenvalue weighted by Crippen LogP contribution is -2.16. The number of halogens is 1. The lowest BCUT2D eigenvalue weighted by molar-refractivity contribution is -0.384. The summed E-state index contributed by atoms with van der Waals surface area (Å²) in [7, 11) is 0. The van der Waals surface area contributed by atoms with Crippen molar-refractivity contribution in [3.63, 3.8) is 0 Å². The van der Waals surface area contributed by atoms with E-state index < -0.39 is 16.8 Å². The number of benzene rings is 2. The fraction of sp³-hybridized carbons (Fsp3) is 0.0741. The van der Waals surface area contributed by atoms with Crippen molar-refractivity contribution >= 4 is 55.9 Å². The molecule has 38 heavy (non-hydrogen) atoms. The van der Waals surface area contributed by atoms with Gasteiger partial charge in [-0.3, -0.25) is 14.9 Å². The van der Waals surface area contributed by atoms with Gasteiger partial charge in [-0.05, 0) is 42.8 Å². The van der Waals surface area contributed by atoms with Crippen molar-refractivity contribution in [2.75, 3.05) is 11.9 Å². The van der Waals surface area contributed by atoms with Crippen LogP contribution >= 0.6 is 27.3 Å². The SMILES string of the molecule is CCOC(=O)c1c(-c2ccc(Br)cc2)csc1NC(=O)/C(C#N)=C/c1ccc(-c2ccccc2[N+](=O)[O-])o1. The molecule has 0 aliphatic carbocycles. The summed E-state index contributed by atoms with van der Waals surface area (Å²) >= 11 is 4.51. The summed E-state index contributed by atoms with van der Waals surface area (Å²) in [6.07, 6.45) is 1.22. The Morgan fingerprint density at radius 2 is 1.89 bits per heavy atom. The summed E-state index contributed by atoms with van der Waals surface area (Å²) in [5.41, 5.74) is 1.35. The van der Waals surface area contributed by atoms with E-state index in [1.54, 1.807) is 30.5 Å². The number of ether oxygens (including phenoxy) is 1. The van der Waals surface area contributed by atoms with Crippen LogP contribution in [0, 0.1) is 21.4 Å². The van der Waals surface area contributed by atoms with E-state index >= 15 is 0 Å². The Morgan fingerprint density at radius 1 is 1.16 bits per heavy atom. The van der Waals surface area contributed by atoms with Crippen LogP contribution in [0.1, 0.15) is 23.0 Å². The number of furan rings is 1. The molecule has 0 fully saturated rings. The van der Waals surface area contributed by atoms with Crippen molar-refractivity contribution in [3.8, 4) is 28.5 Å². The van der Waals surface area contributed by atoms with E-state index in [4.69, 9.17) is 9.15 Å². The molecule has 0 spiro atoms. The predicted molar refractivity (Wildman–Crippen MR) is 146 cm³/mol. The van der Waals surface area contributed by atoms with Crippen LogP contribution in [0.15, 0.2) is 80.5 Å². The number of rotatable bonds is 8. The molecule has 1 N–H and O–H groups in total. The Labute approximate surface area is 229 Å². The predicted octanol–water partition coefficient (Wildman–Crippen LogP) is 7.07. The normalized spacial score (nSPS) is 11.0. The largest absolute Gasteiger partial charge is 0.462 e. The Bertz CT molecular complexity index is 1600. The summed E-state index contributed by atoms with van der Waals surface area (Å²) in [4.78, 5) is 36.6. The molecular formula is C27H18BrN3O6S. The molecule has 4 aromatic rings. The Hall–Kier alpha value is -4.53. The number of para-hydroxylation sites is 1. The van der Waals surface area contributed by atoms with Gasteiger partial charge in [0.25, 0.3) is 11.6 Å². The monoisotopic (exact) mass is 591 g/mol. The summed E-state index contributed by atoms with van der Waals surface area (Å²) in [6, 6.07) is 18.2. The van der Waals surface area contributed by atoms with E-state index in [1.807, 2.05) is 30.3 Å². The number of carbonyl (C=O) groups is 2. The van der Waals surface area contributed by atoms with Gasteiger partial charge in [0.05, 0.1) is 17.1 Å². The molecule has 0 bridgehead atoms. The van der Waals surface area contributed by atoms with Crippen molar-refractivity contribution in [1.29, 1.82) is 5.26 Å². The molecule has 2 aromatic carbocycles. The zero-order valence-corrected chi connectivity index (χ0v) is 22.2. The highest BCUT2D eigenvalue weighted by atomic mass is 79.9. The van der Waals surface area contributed by atoms with Crippen molar-refractivity contribution in [1.82, 2.24) is 0 Å². The summed E-state index contributed by atoms with van der Waals surface area (Å²) in [6.45, 7) is 1.83. The molecule has 11 heteroatoms. The number of amides is 1. The molecule has 0 radical (unpaired) electrons. The van der Waals surface area contributed by atoms with Gasteiger partial charge in [0.2, 0.25) is 0 Å². The molecule has 0 atom stereocenters. The second-order valence-corrected chi connectivity index (χ2v) is 9.48. The van der Waals surface area contributed by atoms with Gasteiger partial charge < -0.3 is 14.5 Å². The summed E-state index contributed by atoms with van der Waals surface area (Å²) in [5.74, 6) is -1.00. The summed E-state index contributed by atoms with van der Waals surface area (Å²) < 4.78 is 11.8. The standard InChI is InChI=1S/C27H18BrN3O6S/c1-2-36-27(33)24-21(16-7-9-18(28)10-8-16)15-38-26(24)30-25(32)17(14-29)13-19-11-12-23(37-19)20-5-3-4-6-22(20)31(34)35/h3-13,15H,2H2,1H3,(H,30,32)/b17-13+. The maximum absolute atomic E-state index is 13.0. The molecule has 0 aliphatic heterocycles. The van der Waals surface area contributed by atoms with Gasteiger partial charge in [0, 0.05) is 27.6 Å². The third-order valence-electron chi connectivity index (χ3n) is 5.30. The molecule has 190 valence electrons. The van der Waals surface area contributed by atoms with Gasteiger partial charge in [-0.1, -0.05) is 40.2 Å². The zero-order valence-electron chi connectivity index (χ0n) is 19.8. The van der Waals surface area contributed by atoms with Crippen molar-refractivity contribution in [3.05, 3.63) is 97.5 Å². The number of anilines is 1. The number of carbonyl (C=O) groups excluding carboxylic acids is 2. The van der Waals surface area contributed by atoms with Gasteiger partial charge in [0.1, 0.15) is 33.7 Å². The minimum atomic E-state index is -0.758. The van der Waals surface area contributed by atoms with Crippen LogP contribution in [0.25, 0.3) is 28.5 Å². The molecule has 0 unspecified atom stereocenters. The second kappa shape index (κ2) is 11.7. The third kappa shape index (κ3) is 5.72. The number of nitro benzene ring substituents is 1. The van der Waals surface area contributed by atoms with Crippen LogP contribution in [-0.2, 0) is 9.53 Å². The number of nitrogens with zero attached hydrogens (tertiary/aromatic N) is 2. The van der Waals surface area contributed by atoms with Crippen LogP contribution < -0.4 is 5.32 Å². The van der Waals surface area contributed by atoms with E-state index in [1.165, 1.54) is 24.3 Å². The van der Waals surface area contributed by atoms with Gasteiger partial charge in [-0.25, -0.2) is 4.79 Å². The van der Waals surface area contributed by atoms with E-state index in [0.717, 1.165) is 21.4 Å². The average molecular weight is 592 g/mol. The van der Waals surface area contributed by atoms with E-state index in [2.05, 4.69) is 21.2 Å². The Balaban J connectivity index is 1.63. The molecule has 2 heterocycles. The quantitative estimate of drug-likeness (QED) is 0.0760. The molecule has 0 aliphatic rings. The summed E-state index contributed by atoms with van der Waals surface area (Å²) in [5, 5.41) is 25.6. The number of hydrogen-bond donors (Lipinski definition) is 1. The number of nitrogens with one attached hydrogen (secondary N) is 1. The molecule has 0 saturated carbocycles. The first-order valence-corrected chi connectivity index (χ1v) is 12.8. The lowest BCUT2D eigenvalue weighted by Gasteiger charge is -2.08. The van der Waals surface area contributed by atoms with Crippen molar-refractivity contribution in [2.24, 2.45) is 0 Å². The average Bonchev–Trinajstić information content (AvgIpc) is 3.55. The van der Waals surface area contributed by atoms with Gasteiger partial charge in [-0.2, -0.15) is 5.26 Å². The first kappa shape index (κ1) is 26.5. The van der Waals surface area contributed by atoms with Gasteiger partial charge in [0.15, 0.2) is 0 Å². The van der Waals surface area contributed by atoms with Crippen molar-refractivity contribution in [2.45, 2.75) is 6.92 Å². The smallest absolute Gasteiger partial charge is 0.341 e. The molecule has 1 amide bonds. The molecule has 4 rings (SSSR count). The van der Waals surface area contributed by atoms with Crippen LogP contribution in [0.5, 0.6) is 0 Å². The number of thiophene rings is 1. The fourth-order valence-electron chi connectivity index (χ4n) is 3.58. The Morgan fingerprint density at radius 3 is 2.58 bits per heavy atom. The van der Waals surface area contributed by atoms with Crippen molar-refractivity contribution < 1.29 is 23.7 Å². The highest BCUT2D eigenvalue weighted by Crippen LogP contribution is 2.37. The topological polar surface area (TPSA) is 135 Å². The van der Waals surface area contributed by atoms with E-state index in [9.17, 15) is 25.0 Å². The zero-order chi connectivity index (χ0) is 27.2. The van der Waals surface area contributed by atoms with Crippen LogP contribution in [0.3, 0.4) is 0 Å². The fourth-order valence-corrected chi connectivity index (χ4v) is 4.79. The maximum Gasteiger partial charge on any atom is 0.341 e. The van der Waals surface area contributed by atoms with Gasteiger partial charge >= 0.3 is 5.97 Å². The number of nitro groups is 1.